The number of imidazole rings is 1. The number of carbonyl (C=O) groups excluding carboxylic acids is 2. The second kappa shape index (κ2) is 5.41. The van der Waals surface area contributed by atoms with Crippen molar-refractivity contribution in [3.8, 4) is 5.69 Å². The molecule has 0 spiro atoms. The van der Waals surface area contributed by atoms with Crippen LogP contribution in [0.4, 0.5) is 5.69 Å². The Hall–Kier alpha value is -3.21. The molecule has 3 aromatic rings. The number of amides is 2. The highest BCUT2D eigenvalue weighted by atomic mass is 16.2. The number of aryl methyl sites for hydroxylation is 1. The van der Waals surface area contributed by atoms with Crippen molar-refractivity contribution in [1.82, 2.24) is 9.55 Å². The number of aromatic nitrogens is 2. The quantitative estimate of drug-likeness (QED) is 0.512. The van der Waals surface area contributed by atoms with E-state index in [2.05, 4.69) is 21.7 Å². The SMILES string of the molecule is Cc1nc2cc(N3C(=O)[C@H]4[C@H](C3=O)[C@H]3C=C[C@H]4C3)ccc2n1-c1ccccc1. The van der Waals surface area contributed by atoms with Gasteiger partial charge in [-0.1, -0.05) is 30.4 Å². The molecule has 2 fully saturated rings. The molecule has 1 aliphatic heterocycles. The minimum absolute atomic E-state index is 0.0505. The summed E-state index contributed by atoms with van der Waals surface area (Å²) in [6, 6.07) is 15.8. The monoisotopic (exact) mass is 369 g/mol. The van der Waals surface area contributed by atoms with Crippen molar-refractivity contribution >= 4 is 28.5 Å². The number of rotatable bonds is 2. The number of allylic oxidation sites excluding steroid dienone is 2. The summed E-state index contributed by atoms with van der Waals surface area (Å²) in [5, 5.41) is 0. The fraction of sp³-hybridized carbons (Fsp3) is 0.261. The first-order chi connectivity index (χ1) is 13.6. The first-order valence-electron chi connectivity index (χ1n) is 9.74. The van der Waals surface area contributed by atoms with Crippen molar-refractivity contribution in [2.45, 2.75) is 13.3 Å². The summed E-state index contributed by atoms with van der Waals surface area (Å²) in [5.74, 6) is 0.857. The summed E-state index contributed by atoms with van der Waals surface area (Å²) in [7, 11) is 0. The Morgan fingerprint density at radius 3 is 2.25 bits per heavy atom. The number of benzene rings is 2. The van der Waals surface area contributed by atoms with Crippen molar-refractivity contribution in [3.05, 3.63) is 66.5 Å². The first-order valence-corrected chi connectivity index (χ1v) is 9.74. The van der Waals surface area contributed by atoms with E-state index in [1.165, 1.54) is 4.90 Å². The van der Waals surface area contributed by atoms with Crippen molar-refractivity contribution in [2.24, 2.45) is 23.7 Å². The van der Waals surface area contributed by atoms with Crippen molar-refractivity contribution < 1.29 is 9.59 Å². The molecule has 2 aliphatic carbocycles. The standard InChI is InChI=1S/C23H19N3O2/c1-13-24-18-12-17(9-10-19(18)25(13)16-5-3-2-4-6-16)26-22(27)20-14-7-8-15(11-14)21(20)23(26)28/h2-10,12,14-15,20-21H,11H2,1H3/t14-,15-,20+,21+/m0/s1. The zero-order valence-corrected chi connectivity index (χ0v) is 15.4. The Kier molecular flexibility index (Phi) is 3.05. The van der Waals surface area contributed by atoms with E-state index in [-0.39, 0.29) is 35.5 Å². The molecular formula is C23H19N3O2. The van der Waals surface area contributed by atoms with Gasteiger partial charge in [-0.2, -0.15) is 0 Å². The van der Waals surface area contributed by atoms with Crippen LogP contribution in [0.25, 0.3) is 16.7 Å². The maximum atomic E-state index is 13.1. The summed E-state index contributed by atoms with van der Waals surface area (Å²) in [6.07, 6.45) is 5.18. The molecule has 2 bridgehead atoms. The molecule has 6 rings (SSSR count). The molecule has 2 amide bonds. The molecule has 4 atom stereocenters. The predicted molar refractivity (Wildman–Crippen MR) is 106 cm³/mol. The van der Waals surface area contributed by atoms with E-state index < -0.39 is 0 Å². The van der Waals surface area contributed by atoms with Crippen LogP contribution in [0.3, 0.4) is 0 Å². The van der Waals surface area contributed by atoms with Crippen LogP contribution in [0.5, 0.6) is 0 Å². The topological polar surface area (TPSA) is 55.2 Å². The molecule has 2 aromatic carbocycles. The van der Waals surface area contributed by atoms with Crippen LogP contribution in [0, 0.1) is 30.6 Å². The summed E-state index contributed by atoms with van der Waals surface area (Å²) in [6.45, 7) is 1.96. The Morgan fingerprint density at radius 1 is 0.893 bits per heavy atom. The molecule has 0 radical (unpaired) electrons. The van der Waals surface area contributed by atoms with Gasteiger partial charge in [0.1, 0.15) is 5.82 Å². The second-order valence-corrected chi connectivity index (χ2v) is 8.01. The Morgan fingerprint density at radius 2 is 1.57 bits per heavy atom. The number of anilines is 1. The van der Waals surface area contributed by atoms with Gasteiger partial charge in [-0.25, -0.2) is 9.88 Å². The molecule has 0 unspecified atom stereocenters. The van der Waals surface area contributed by atoms with E-state index in [1.807, 2.05) is 55.5 Å². The third kappa shape index (κ3) is 1.93. The number of para-hydroxylation sites is 1. The molecule has 28 heavy (non-hydrogen) atoms. The highest BCUT2D eigenvalue weighted by Gasteiger charge is 2.59. The molecule has 5 nitrogen and oxygen atoms in total. The summed E-state index contributed by atoms with van der Waals surface area (Å²) >= 11 is 0. The number of hydrogen-bond donors (Lipinski definition) is 0. The third-order valence-corrected chi connectivity index (χ3v) is 6.55. The molecule has 1 saturated carbocycles. The number of hydrogen-bond acceptors (Lipinski definition) is 3. The van der Waals surface area contributed by atoms with Crippen LogP contribution in [0.2, 0.25) is 0 Å². The van der Waals surface area contributed by atoms with Gasteiger partial charge in [0.05, 0.1) is 28.6 Å². The van der Waals surface area contributed by atoms with Gasteiger partial charge in [0.15, 0.2) is 0 Å². The lowest BCUT2D eigenvalue weighted by molar-refractivity contribution is -0.123. The van der Waals surface area contributed by atoms with Crippen molar-refractivity contribution in [1.29, 1.82) is 0 Å². The summed E-state index contributed by atoms with van der Waals surface area (Å²) in [5.41, 5.74) is 3.43. The van der Waals surface area contributed by atoms with E-state index in [0.717, 1.165) is 29.0 Å². The Labute approximate surface area is 162 Å². The minimum atomic E-state index is -0.179. The molecule has 5 heteroatoms. The van der Waals surface area contributed by atoms with Gasteiger partial charge in [-0.15, -0.1) is 0 Å². The molecule has 1 saturated heterocycles. The number of imide groups is 1. The highest BCUT2D eigenvalue weighted by molar-refractivity contribution is 6.23. The van der Waals surface area contributed by atoms with E-state index in [9.17, 15) is 9.59 Å². The van der Waals surface area contributed by atoms with Crippen LogP contribution < -0.4 is 4.90 Å². The highest BCUT2D eigenvalue weighted by Crippen LogP contribution is 2.53. The molecular weight excluding hydrogens is 350 g/mol. The largest absolute Gasteiger partial charge is 0.297 e. The molecule has 2 heterocycles. The van der Waals surface area contributed by atoms with Gasteiger partial charge in [0, 0.05) is 5.69 Å². The number of fused-ring (bicyclic) bond motifs is 6. The molecule has 1 aromatic heterocycles. The molecule has 0 N–H and O–H groups in total. The Bertz CT molecular complexity index is 1150. The lowest BCUT2D eigenvalue weighted by atomic mass is 9.85. The fourth-order valence-electron chi connectivity index (χ4n) is 5.39. The average molecular weight is 369 g/mol. The van der Waals surface area contributed by atoms with Crippen LogP contribution in [-0.2, 0) is 9.59 Å². The minimum Gasteiger partial charge on any atom is -0.297 e. The normalized spacial score (nSPS) is 28.0. The van der Waals surface area contributed by atoms with Gasteiger partial charge >= 0.3 is 0 Å². The molecule has 3 aliphatic rings. The van der Waals surface area contributed by atoms with Gasteiger partial charge in [0.25, 0.3) is 0 Å². The zero-order chi connectivity index (χ0) is 19.0. The van der Waals surface area contributed by atoms with Crippen molar-refractivity contribution in [3.63, 3.8) is 0 Å². The predicted octanol–water partition coefficient (Wildman–Crippen LogP) is 3.65. The van der Waals surface area contributed by atoms with E-state index in [0.29, 0.717) is 5.69 Å². The lowest BCUT2D eigenvalue weighted by Gasteiger charge is -2.17. The van der Waals surface area contributed by atoms with Crippen LogP contribution in [0.15, 0.2) is 60.7 Å². The summed E-state index contributed by atoms with van der Waals surface area (Å²) < 4.78 is 2.09. The van der Waals surface area contributed by atoms with Gasteiger partial charge in [0.2, 0.25) is 11.8 Å². The van der Waals surface area contributed by atoms with Gasteiger partial charge in [-0.3, -0.25) is 14.2 Å². The lowest BCUT2D eigenvalue weighted by Crippen LogP contribution is -2.32. The third-order valence-electron chi connectivity index (χ3n) is 6.55. The first kappa shape index (κ1) is 15.8. The summed E-state index contributed by atoms with van der Waals surface area (Å²) in [4.78, 5) is 32.2. The van der Waals surface area contributed by atoms with Crippen LogP contribution in [-0.4, -0.2) is 21.4 Å². The number of nitrogens with zero attached hydrogens (tertiary/aromatic N) is 3. The van der Waals surface area contributed by atoms with E-state index in [1.54, 1.807) is 0 Å². The van der Waals surface area contributed by atoms with E-state index in [4.69, 9.17) is 0 Å². The fourth-order valence-corrected chi connectivity index (χ4v) is 5.39. The van der Waals surface area contributed by atoms with E-state index >= 15 is 0 Å². The molecule has 138 valence electrons. The van der Waals surface area contributed by atoms with Crippen molar-refractivity contribution in [2.75, 3.05) is 4.90 Å². The maximum Gasteiger partial charge on any atom is 0.238 e. The number of carbonyl (C=O) groups is 2. The van der Waals surface area contributed by atoms with Gasteiger partial charge in [-0.05, 0) is 55.5 Å². The maximum absolute atomic E-state index is 13.1. The van der Waals surface area contributed by atoms with Crippen LogP contribution in [0.1, 0.15) is 12.2 Å². The Balaban J connectivity index is 1.44. The smallest absolute Gasteiger partial charge is 0.238 e. The van der Waals surface area contributed by atoms with Crippen LogP contribution >= 0.6 is 0 Å². The van der Waals surface area contributed by atoms with Gasteiger partial charge < -0.3 is 0 Å². The second-order valence-electron chi connectivity index (χ2n) is 8.01. The average Bonchev–Trinajstić information content (AvgIpc) is 3.44. The zero-order valence-electron chi connectivity index (χ0n) is 15.4.